The van der Waals surface area contributed by atoms with Crippen molar-refractivity contribution >= 4 is 30.1 Å². The summed E-state index contributed by atoms with van der Waals surface area (Å²) in [6.07, 6.45) is 10.4. The molecule has 0 aliphatic rings. The van der Waals surface area contributed by atoms with Crippen molar-refractivity contribution in [3.05, 3.63) is 38.0 Å². The summed E-state index contributed by atoms with van der Waals surface area (Å²) in [6, 6.07) is 0. The highest BCUT2D eigenvalue weighted by atomic mass is 16.4. The van der Waals surface area contributed by atoms with Crippen molar-refractivity contribution in [2.75, 3.05) is 33.1 Å². The monoisotopic (exact) mass is 536 g/mol. The van der Waals surface area contributed by atoms with Gasteiger partial charge in [-0.2, -0.15) is 9.98 Å². The average Bonchev–Trinajstić information content (AvgIpc) is 2.91. The number of hydrogen-bond acceptors (Lipinski definition) is 11. The van der Waals surface area contributed by atoms with Gasteiger partial charge in [0.2, 0.25) is 12.2 Å². The molecule has 214 valence electrons. The minimum Gasteiger partial charge on any atom is -0.478 e. The highest BCUT2D eigenvalue weighted by Gasteiger charge is 2.26. The molecule has 7 N–H and O–H groups in total. The zero-order valence-corrected chi connectivity index (χ0v) is 21.3. The standard InChI is InChI=1S/C6H14.C5H12O4.C3H2N2O2.3C3H4O2/c1-3-5-6-4-2;6-1-5(2-7,3-8)4-9;6-2-4-1-5-3-7;3*1-2-3(4)5/h3-6H2,1-2H3;6-9H,1-4H2;1H2;3*2H,1H2,(H,4,5). The predicted octanol–water partition coefficient (Wildman–Crippen LogP) is 0.915. The molecule has 0 spiro atoms. The van der Waals surface area contributed by atoms with E-state index in [2.05, 4.69) is 43.6 Å². The van der Waals surface area contributed by atoms with Crippen molar-refractivity contribution in [2.45, 2.75) is 39.5 Å². The van der Waals surface area contributed by atoms with Gasteiger partial charge in [0.15, 0.2) is 6.67 Å². The summed E-state index contributed by atoms with van der Waals surface area (Å²) in [5, 5.41) is 56.8. The summed E-state index contributed by atoms with van der Waals surface area (Å²) in [7, 11) is 0. The van der Waals surface area contributed by atoms with Crippen molar-refractivity contribution in [2.24, 2.45) is 15.4 Å². The first kappa shape index (κ1) is 46.6. The summed E-state index contributed by atoms with van der Waals surface area (Å²) in [4.78, 5) is 52.0. The maximum atomic E-state index is 9.25. The average molecular weight is 537 g/mol. The van der Waals surface area contributed by atoms with E-state index in [0.29, 0.717) is 0 Å². The molecule has 0 atom stereocenters. The summed E-state index contributed by atoms with van der Waals surface area (Å²) in [6.45, 7) is 11.6. The van der Waals surface area contributed by atoms with Crippen molar-refractivity contribution in [3.8, 4) is 0 Å². The van der Waals surface area contributed by atoms with Crippen molar-refractivity contribution in [1.29, 1.82) is 0 Å². The number of aliphatic hydroxyl groups excluding tert-OH is 4. The van der Waals surface area contributed by atoms with Gasteiger partial charge in [0.25, 0.3) is 0 Å². The molecule has 14 nitrogen and oxygen atoms in total. The number of hydrogen-bond donors (Lipinski definition) is 7. The van der Waals surface area contributed by atoms with Crippen molar-refractivity contribution < 1.29 is 59.7 Å². The SMILES string of the molecule is C=CC(=O)O.C=CC(=O)O.C=CC(=O)O.CCCCCC.O=C=NCN=C=O.OCC(CO)(CO)CO. The molecule has 0 bridgehead atoms. The van der Waals surface area contributed by atoms with Crippen LogP contribution in [0.1, 0.15) is 39.5 Å². The van der Waals surface area contributed by atoms with Gasteiger partial charge < -0.3 is 35.7 Å². The molecular weight excluding hydrogens is 496 g/mol. The van der Waals surface area contributed by atoms with Crippen LogP contribution in [0.5, 0.6) is 0 Å². The fraction of sp³-hybridized carbons (Fsp3) is 0.522. The Balaban J connectivity index is -0.0000000792. The molecule has 0 aliphatic carbocycles. The smallest absolute Gasteiger partial charge is 0.327 e. The number of nitrogens with zero attached hydrogens (tertiary/aromatic N) is 2. The first-order valence-electron chi connectivity index (χ1n) is 10.5. The fourth-order valence-electron chi connectivity index (χ4n) is 0.893. The zero-order chi connectivity index (χ0) is 30.5. The number of carboxylic acids is 3. The Morgan fingerprint density at radius 1 is 0.676 bits per heavy atom. The van der Waals surface area contributed by atoms with Crippen molar-refractivity contribution in [3.63, 3.8) is 0 Å². The maximum absolute atomic E-state index is 9.25. The van der Waals surface area contributed by atoms with Gasteiger partial charge in [-0.15, -0.1) is 0 Å². The number of isocyanates is 2. The molecule has 0 aromatic heterocycles. The van der Waals surface area contributed by atoms with Gasteiger partial charge in [-0.1, -0.05) is 59.3 Å². The Morgan fingerprint density at radius 2 is 0.892 bits per heavy atom. The van der Waals surface area contributed by atoms with Crippen molar-refractivity contribution in [1.82, 2.24) is 0 Å². The Morgan fingerprint density at radius 3 is 0.973 bits per heavy atom. The van der Waals surface area contributed by atoms with E-state index in [9.17, 15) is 24.0 Å². The van der Waals surface area contributed by atoms with E-state index in [1.165, 1.54) is 37.8 Å². The third-order valence-corrected chi connectivity index (χ3v) is 3.09. The van der Waals surface area contributed by atoms with Crippen LogP contribution in [0.2, 0.25) is 0 Å². The van der Waals surface area contributed by atoms with Gasteiger partial charge in [-0.25, -0.2) is 24.0 Å². The lowest BCUT2D eigenvalue weighted by atomic mass is 9.93. The molecule has 0 radical (unpaired) electrons. The molecule has 0 aromatic rings. The molecule has 0 saturated heterocycles. The van der Waals surface area contributed by atoms with Crippen LogP contribution in [-0.2, 0) is 24.0 Å². The number of carbonyl (C=O) groups is 3. The number of aliphatic hydroxyl groups is 4. The van der Waals surface area contributed by atoms with E-state index in [1.807, 2.05) is 0 Å². The largest absolute Gasteiger partial charge is 0.478 e. The molecule has 0 aliphatic heterocycles. The second-order valence-electron chi connectivity index (χ2n) is 6.11. The van der Waals surface area contributed by atoms with Crippen LogP contribution < -0.4 is 0 Å². The van der Waals surface area contributed by atoms with Crippen LogP contribution in [0, 0.1) is 5.41 Å². The quantitative estimate of drug-likeness (QED) is 0.0795. The van der Waals surface area contributed by atoms with E-state index in [-0.39, 0.29) is 6.67 Å². The molecule has 0 unspecified atom stereocenters. The number of aliphatic imine (C=N–C) groups is 2. The number of carbonyl (C=O) groups excluding carboxylic acids is 2. The molecule has 0 saturated carbocycles. The number of carboxylic acid groups (broad SMARTS) is 3. The maximum Gasteiger partial charge on any atom is 0.327 e. The van der Waals surface area contributed by atoms with Crippen LogP contribution in [0.3, 0.4) is 0 Å². The molecular formula is C23H40N2O12. The lowest BCUT2D eigenvalue weighted by Gasteiger charge is -2.23. The molecule has 0 rings (SSSR count). The van der Waals surface area contributed by atoms with Gasteiger partial charge in [0, 0.05) is 18.2 Å². The zero-order valence-electron chi connectivity index (χ0n) is 21.3. The first-order valence-corrected chi connectivity index (χ1v) is 10.5. The third-order valence-electron chi connectivity index (χ3n) is 3.09. The Hall–Kier alpha value is -3.77. The third kappa shape index (κ3) is 65.3. The van der Waals surface area contributed by atoms with Crippen LogP contribution >= 0.6 is 0 Å². The van der Waals surface area contributed by atoms with Crippen LogP contribution in [0.4, 0.5) is 0 Å². The second-order valence-corrected chi connectivity index (χ2v) is 6.11. The van der Waals surface area contributed by atoms with Crippen LogP contribution in [0.15, 0.2) is 47.9 Å². The molecule has 37 heavy (non-hydrogen) atoms. The summed E-state index contributed by atoms with van der Waals surface area (Å²) in [5.41, 5.74) is -1.11. The van der Waals surface area contributed by atoms with Gasteiger partial charge >= 0.3 is 17.9 Å². The lowest BCUT2D eigenvalue weighted by molar-refractivity contribution is -0.132. The number of rotatable bonds is 12. The first-order chi connectivity index (χ1) is 17.4. The minimum absolute atomic E-state index is 0.160. The fourth-order valence-corrected chi connectivity index (χ4v) is 0.893. The normalized spacial score (nSPS) is 8.05. The van der Waals surface area contributed by atoms with E-state index in [1.54, 1.807) is 0 Å². The molecule has 14 heteroatoms. The lowest BCUT2D eigenvalue weighted by Crippen LogP contribution is -2.37. The van der Waals surface area contributed by atoms with Gasteiger partial charge in [-0.05, 0) is 0 Å². The Labute approximate surface area is 216 Å². The van der Waals surface area contributed by atoms with Gasteiger partial charge in [0.05, 0.1) is 31.8 Å². The van der Waals surface area contributed by atoms with E-state index in [0.717, 1.165) is 18.2 Å². The minimum atomic E-state index is -1.11. The number of unbranched alkanes of at least 4 members (excludes halogenated alkanes) is 3. The van der Waals surface area contributed by atoms with Gasteiger partial charge in [0.1, 0.15) is 0 Å². The molecule has 0 amide bonds. The summed E-state index contributed by atoms with van der Waals surface area (Å²) >= 11 is 0. The highest BCUT2D eigenvalue weighted by molar-refractivity contribution is 5.79. The van der Waals surface area contributed by atoms with E-state index < -0.39 is 49.8 Å². The van der Waals surface area contributed by atoms with E-state index in [4.69, 9.17) is 35.7 Å². The second kappa shape index (κ2) is 42.4. The summed E-state index contributed by atoms with van der Waals surface area (Å²) < 4.78 is 0. The van der Waals surface area contributed by atoms with E-state index >= 15 is 0 Å². The van der Waals surface area contributed by atoms with Crippen LogP contribution in [0.25, 0.3) is 0 Å². The Bertz CT molecular complexity index is 599. The van der Waals surface area contributed by atoms with Gasteiger partial charge in [-0.3, -0.25) is 0 Å². The molecule has 0 aromatic carbocycles. The number of aliphatic carboxylic acids is 3. The highest BCUT2D eigenvalue weighted by Crippen LogP contribution is 2.11. The molecule has 0 heterocycles. The molecule has 0 fully saturated rings. The Kier molecular flexibility index (Phi) is 53.3. The summed E-state index contributed by atoms with van der Waals surface area (Å²) in [5.74, 6) is -2.94. The topological polar surface area (TPSA) is 252 Å². The van der Waals surface area contributed by atoms with Crippen LogP contribution in [-0.4, -0.2) is 98.9 Å². The predicted molar refractivity (Wildman–Crippen MR) is 135 cm³/mol.